The number of rotatable bonds is 7. The molecule has 34 heavy (non-hydrogen) atoms. The maximum Gasteiger partial charge on any atom is 0.234 e. The molecule has 6 aromatic rings. The van der Waals surface area contributed by atoms with Gasteiger partial charge < -0.3 is 0 Å². The van der Waals surface area contributed by atoms with Gasteiger partial charge in [-0.25, -0.2) is 0 Å². The Morgan fingerprint density at radius 2 is 1.12 bits per heavy atom. The second-order valence-corrected chi connectivity index (χ2v) is 11.6. The summed E-state index contributed by atoms with van der Waals surface area (Å²) in [4.78, 5) is 1.64. The van der Waals surface area contributed by atoms with Crippen molar-refractivity contribution in [1.29, 1.82) is 0 Å². The number of hydrogen-bond donors (Lipinski definition) is 0. The van der Waals surface area contributed by atoms with E-state index in [1.807, 2.05) is 57.6 Å². The van der Waals surface area contributed by atoms with E-state index in [0.29, 0.717) is 0 Å². The molecule has 0 fully saturated rings. The fourth-order valence-electron chi connectivity index (χ4n) is 3.68. The lowest BCUT2D eigenvalue weighted by Gasteiger charge is -1.99. The van der Waals surface area contributed by atoms with Crippen molar-refractivity contribution in [2.75, 3.05) is 0 Å². The standard InChI is InChI=1S/C22H16Br2N8S2/c23-15-7-3-5-13(11-15)19-25-27-21-31(19)29-17(33-21)9-1-2-10-18-30-32-20(26-28-22(32)34-18)14-6-4-8-16(24)12-14/h3-8,11-12H,1-2,9-10H2. The van der Waals surface area contributed by atoms with Gasteiger partial charge in [-0.1, -0.05) is 78.8 Å². The Labute approximate surface area is 219 Å². The van der Waals surface area contributed by atoms with Crippen LogP contribution in [0.3, 0.4) is 0 Å². The fourth-order valence-corrected chi connectivity index (χ4v) is 6.23. The molecule has 4 aromatic heterocycles. The third kappa shape index (κ3) is 4.30. The van der Waals surface area contributed by atoms with Gasteiger partial charge in [0.05, 0.1) is 0 Å². The molecule has 12 heteroatoms. The zero-order valence-corrected chi connectivity index (χ0v) is 22.4. The third-order valence-electron chi connectivity index (χ3n) is 5.26. The van der Waals surface area contributed by atoms with Crippen LogP contribution in [0, 0.1) is 0 Å². The van der Waals surface area contributed by atoms with Crippen molar-refractivity contribution in [2.24, 2.45) is 0 Å². The zero-order valence-electron chi connectivity index (χ0n) is 17.6. The molecule has 8 nitrogen and oxygen atoms in total. The van der Waals surface area contributed by atoms with Crippen molar-refractivity contribution in [1.82, 2.24) is 39.6 Å². The molecule has 0 spiro atoms. The quantitative estimate of drug-likeness (QED) is 0.201. The van der Waals surface area contributed by atoms with Gasteiger partial charge in [0, 0.05) is 32.9 Å². The minimum Gasteiger partial charge on any atom is -0.183 e. The van der Waals surface area contributed by atoms with E-state index >= 15 is 0 Å². The van der Waals surface area contributed by atoms with Crippen LogP contribution in [0.4, 0.5) is 0 Å². The molecule has 4 heterocycles. The number of benzene rings is 2. The second kappa shape index (κ2) is 9.25. The highest BCUT2D eigenvalue weighted by atomic mass is 79.9. The predicted molar refractivity (Wildman–Crippen MR) is 140 cm³/mol. The number of halogens is 2. The maximum atomic E-state index is 4.76. The lowest BCUT2D eigenvalue weighted by atomic mass is 10.2. The molecule has 2 aromatic carbocycles. The van der Waals surface area contributed by atoms with E-state index in [-0.39, 0.29) is 0 Å². The largest absolute Gasteiger partial charge is 0.234 e. The Bertz CT molecular complexity index is 1500. The molecule has 0 bridgehead atoms. The van der Waals surface area contributed by atoms with Gasteiger partial charge in [-0.05, 0) is 37.1 Å². The lowest BCUT2D eigenvalue weighted by Crippen LogP contribution is -1.95. The first-order chi connectivity index (χ1) is 16.6. The van der Waals surface area contributed by atoms with Gasteiger partial charge in [0.2, 0.25) is 9.92 Å². The molecule has 6 rings (SSSR count). The van der Waals surface area contributed by atoms with Gasteiger partial charge in [0.25, 0.3) is 0 Å². The number of unbranched alkanes of at least 4 members (excludes halogenated alkanes) is 1. The molecule has 170 valence electrons. The predicted octanol–water partition coefficient (Wildman–Crippen LogP) is 6.11. The normalized spacial score (nSPS) is 11.7. The number of nitrogens with zero attached hydrogens (tertiary/aromatic N) is 8. The van der Waals surface area contributed by atoms with Crippen LogP contribution in [-0.2, 0) is 12.8 Å². The van der Waals surface area contributed by atoms with E-state index < -0.39 is 0 Å². The summed E-state index contributed by atoms with van der Waals surface area (Å²) in [6, 6.07) is 16.0. The van der Waals surface area contributed by atoms with Crippen molar-refractivity contribution in [3.63, 3.8) is 0 Å². The van der Waals surface area contributed by atoms with Crippen molar-refractivity contribution in [3.8, 4) is 22.8 Å². The minimum absolute atomic E-state index is 0.764. The highest BCUT2D eigenvalue weighted by Gasteiger charge is 2.15. The van der Waals surface area contributed by atoms with Crippen LogP contribution in [0.25, 0.3) is 32.7 Å². The van der Waals surface area contributed by atoms with Crippen molar-refractivity contribution in [3.05, 3.63) is 67.5 Å². The van der Waals surface area contributed by atoms with Crippen LogP contribution in [0.5, 0.6) is 0 Å². The highest BCUT2D eigenvalue weighted by Crippen LogP contribution is 2.26. The van der Waals surface area contributed by atoms with E-state index in [2.05, 4.69) is 52.3 Å². The summed E-state index contributed by atoms with van der Waals surface area (Å²) < 4.78 is 5.69. The van der Waals surface area contributed by atoms with Crippen LogP contribution in [0.1, 0.15) is 22.9 Å². The molecule has 0 N–H and O–H groups in total. The van der Waals surface area contributed by atoms with E-state index in [4.69, 9.17) is 10.2 Å². The topological polar surface area (TPSA) is 86.2 Å². The average Bonchev–Trinajstić information content (AvgIpc) is 3.57. The summed E-state index contributed by atoms with van der Waals surface area (Å²) in [7, 11) is 0. The Hall–Kier alpha value is -2.54. The first-order valence-corrected chi connectivity index (χ1v) is 13.8. The van der Waals surface area contributed by atoms with Crippen LogP contribution in [0.2, 0.25) is 0 Å². The highest BCUT2D eigenvalue weighted by molar-refractivity contribution is 9.10. The third-order valence-corrected chi connectivity index (χ3v) is 8.17. The zero-order chi connectivity index (χ0) is 23.1. The van der Waals surface area contributed by atoms with Gasteiger partial charge >= 0.3 is 0 Å². The number of fused-ring (bicyclic) bond motifs is 2. The SMILES string of the molecule is Brc1cccc(-c2nnc3sc(CCCCc4nn5c(-c6cccc(Br)c6)nnc5s4)nn23)c1. The molecule has 0 saturated carbocycles. The molecular weight excluding hydrogens is 600 g/mol. The molecule has 0 unspecified atom stereocenters. The van der Waals surface area contributed by atoms with Crippen molar-refractivity contribution >= 4 is 64.5 Å². The summed E-state index contributed by atoms with van der Waals surface area (Å²) >= 11 is 10.2. The Balaban J connectivity index is 1.11. The van der Waals surface area contributed by atoms with Gasteiger partial charge in [-0.15, -0.1) is 20.4 Å². The van der Waals surface area contributed by atoms with Crippen molar-refractivity contribution in [2.45, 2.75) is 25.7 Å². The minimum atomic E-state index is 0.764. The molecule has 0 radical (unpaired) electrons. The number of aryl methyl sites for hydroxylation is 2. The van der Waals surface area contributed by atoms with Crippen molar-refractivity contribution < 1.29 is 0 Å². The number of aromatic nitrogens is 8. The molecular formula is C22H16Br2N8S2. The van der Waals surface area contributed by atoms with Gasteiger partial charge in [-0.3, -0.25) is 0 Å². The van der Waals surface area contributed by atoms with Gasteiger partial charge in [0.15, 0.2) is 11.6 Å². The summed E-state index contributed by atoms with van der Waals surface area (Å²) in [5.74, 6) is 1.53. The monoisotopic (exact) mass is 614 g/mol. The van der Waals surface area contributed by atoms with Gasteiger partial charge in [0.1, 0.15) is 10.0 Å². The summed E-state index contributed by atoms with van der Waals surface area (Å²) in [6.07, 6.45) is 3.85. The molecule has 0 aliphatic rings. The first-order valence-electron chi connectivity index (χ1n) is 10.6. The van der Waals surface area contributed by atoms with E-state index in [1.54, 1.807) is 22.7 Å². The Morgan fingerprint density at radius 1 is 0.647 bits per heavy atom. The fraction of sp³-hybridized carbons (Fsp3) is 0.182. The molecule has 0 amide bonds. The summed E-state index contributed by atoms with van der Waals surface area (Å²) in [5, 5.41) is 28.9. The first kappa shape index (κ1) is 22.0. The van der Waals surface area contributed by atoms with Crippen LogP contribution in [-0.4, -0.2) is 39.6 Å². The maximum absolute atomic E-state index is 4.76. The van der Waals surface area contributed by atoms with E-state index in [1.165, 1.54) is 0 Å². The summed E-state index contributed by atoms with van der Waals surface area (Å²) in [6.45, 7) is 0. The summed E-state index contributed by atoms with van der Waals surface area (Å²) in [5.41, 5.74) is 1.98. The molecule has 0 aliphatic heterocycles. The molecule has 0 aliphatic carbocycles. The van der Waals surface area contributed by atoms with E-state index in [0.717, 1.165) is 77.3 Å². The second-order valence-electron chi connectivity index (χ2n) is 7.66. The lowest BCUT2D eigenvalue weighted by molar-refractivity contribution is 0.710. The smallest absolute Gasteiger partial charge is 0.183 e. The van der Waals surface area contributed by atoms with Crippen LogP contribution >= 0.6 is 54.5 Å². The van der Waals surface area contributed by atoms with Crippen LogP contribution in [0.15, 0.2) is 57.5 Å². The Morgan fingerprint density at radius 3 is 1.56 bits per heavy atom. The molecule has 0 atom stereocenters. The van der Waals surface area contributed by atoms with Gasteiger partial charge in [-0.2, -0.15) is 19.2 Å². The molecule has 0 saturated heterocycles. The van der Waals surface area contributed by atoms with E-state index in [9.17, 15) is 0 Å². The Kier molecular flexibility index (Phi) is 5.97. The number of hydrogen-bond acceptors (Lipinski definition) is 8. The van der Waals surface area contributed by atoms with Crippen LogP contribution < -0.4 is 0 Å². The average molecular weight is 616 g/mol.